The molecule has 0 unspecified atom stereocenters. The van der Waals surface area contributed by atoms with Crippen LogP contribution in [0.25, 0.3) is 5.82 Å². The van der Waals surface area contributed by atoms with Crippen LogP contribution in [0.5, 0.6) is 5.75 Å². The highest BCUT2D eigenvalue weighted by Gasteiger charge is 2.08. The Morgan fingerprint density at radius 2 is 2.33 bits per heavy atom. The Morgan fingerprint density at radius 1 is 1.50 bits per heavy atom. The molecule has 6 nitrogen and oxygen atoms in total. The van der Waals surface area contributed by atoms with E-state index < -0.39 is 5.97 Å². The molecule has 0 aliphatic carbocycles. The number of hydrogen-bond donors (Lipinski definition) is 0. The highest BCUT2D eigenvalue weighted by molar-refractivity contribution is 5.89. The quantitative estimate of drug-likeness (QED) is 0.765. The maximum Gasteiger partial charge on any atom is 0.338 e. The zero-order valence-corrected chi connectivity index (χ0v) is 10.2. The molecule has 0 radical (unpaired) electrons. The lowest BCUT2D eigenvalue weighted by molar-refractivity contribution is 0.0600. The van der Waals surface area contributed by atoms with Gasteiger partial charge in [-0.25, -0.2) is 14.5 Å². The van der Waals surface area contributed by atoms with Crippen molar-refractivity contribution >= 4 is 5.97 Å². The molecule has 0 spiro atoms. The molecular formula is C12H13N3O3. The second kappa shape index (κ2) is 5.31. The van der Waals surface area contributed by atoms with Crippen molar-refractivity contribution in [1.82, 2.24) is 14.8 Å². The van der Waals surface area contributed by atoms with Crippen molar-refractivity contribution < 1.29 is 14.3 Å². The average Bonchev–Trinajstić information content (AvgIpc) is 2.87. The molecule has 0 bridgehead atoms. The number of nitrogens with zero attached hydrogens (tertiary/aromatic N) is 3. The Morgan fingerprint density at radius 3 is 3.06 bits per heavy atom. The third-order valence-corrected chi connectivity index (χ3v) is 2.27. The van der Waals surface area contributed by atoms with Crippen molar-refractivity contribution in [3.8, 4) is 11.6 Å². The molecule has 0 saturated carbocycles. The molecule has 94 valence electrons. The first-order valence-corrected chi connectivity index (χ1v) is 5.46. The number of aromatic nitrogens is 3. The summed E-state index contributed by atoms with van der Waals surface area (Å²) in [6.07, 6.45) is 4.83. The van der Waals surface area contributed by atoms with Gasteiger partial charge in [0.1, 0.15) is 0 Å². The van der Waals surface area contributed by atoms with Gasteiger partial charge in [-0.05, 0) is 19.1 Å². The topological polar surface area (TPSA) is 66.2 Å². The van der Waals surface area contributed by atoms with E-state index >= 15 is 0 Å². The van der Waals surface area contributed by atoms with Crippen LogP contribution in [0.3, 0.4) is 0 Å². The van der Waals surface area contributed by atoms with Crippen molar-refractivity contribution in [3.05, 3.63) is 36.3 Å². The Kier molecular flexibility index (Phi) is 3.57. The van der Waals surface area contributed by atoms with E-state index in [4.69, 9.17) is 4.74 Å². The number of methoxy groups -OCH3 is 1. The Labute approximate surface area is 104 Å². The molecule has 0 aromatic carbocycles. The summed E-state index contributed by atoms with van der Waals surface area (Å²) in [7, 11) is 1.34. The van der Waals surface area contributed by atoms with E-state index in [1.54, 1.807) is 24.5 Å². The molecule has 2 heterocycles. The molecule has 0 atom stereocenters. The van der Waals surface area contributed by atoms with Gasteiger partial charge in [-0.3, -0.25) is 0 Å². The van der Waals surface area contributed by atoms with Gasteiger partial charge in [0, 0.05) is 6.20 Å². The summed E-state index contributed by atoms with van der Waals surface area (Å²) in [5.41, 5.74) is 0.427. The molecule has 18 heavy (non-hydrogen) atoms. The lowest BCUT2D eigenvalue weighted by atomic mass is 10.2. The average molecular weight is 247 g/mol. The van der Waals surface area contributed by atoms with Crippen molar-refractivity contribution in [2.75, 3.05) is 13.7 Å². The minimum absolute atomic E-state index is 0.407. The van der Waals surface area contributed by atoms with Gasteiger partial charge in [-0.1, -0.05) is 0 Å². The minimum atomic E-state index is -0.407. The van der Waals surface area contributed by atoms with Gasteiger partial charge >= 0.3 is 5.97 Å². The first-order valence-electron chi connectivity index (χ1n) is 5.46. The number of hydrogen-bond acceptors (Lipinski definition) is 5. The lowest BCUT2D eigenvalue weighted by Gasteiger charge is -2.02. The van der Waals surface area contributed by atoms with Crippen LogP contribution in [-0.4, -0.2) is 34.5 Å². The van der Waals surface area contributed by atoms with E-state index in [1.807, 2.05) is 6.92 Å². The predicted octanol–water partition coefficient (Wildman–Crippen LogP) is 1.45. The Balaban J connectivity index is 2.29. The maximum absolute atomic E-state index is 11.4. The van der Waals surface area contributed by atoms with Gasteiger partial charge in [0.2, 0.25) is 0 Å². The van der Waals surface area contributed by atoms with Crippen molar-refractivity contribution in [2.45, 2.75) is 6.92 Å². The smallest absolute Gasteiger partial charge is 0.338 e. The highest BCUT2D eigenvalue weighted by Crippen LogP contribution is 2.13. The summed E-state index contributed by atoms with van der Waals surface area (Å²) in [6, 6.07) is 3.19. The van der Waals surface area contributed by atoms with E-state index in [9.17, 15) is 4.79 Å². The van der Waals surface area contributed by atoms with Gasteiger partial charge in [-0.15, -0.1) is 0 Å². The second-order valence-corrected chi connectivity index (χ2v) is 3.45. The Bertz CT molecular complexity index is 551. The van der Waals surface area contributed by atoms with Gasteiger partial charge in [-0.2, -0.15) is 5.10 Å². The second-order valence-electron chi connectivity index (χ2n) is 3.45. The molecule has 2 aromatic rings. The first kappa shape index (κ1) is 12.1. The fourth-order valence-electron chi connectivity index (χ4n) is 1.46. The van der Waals surface area contributed by atoms with Gasteiger partial charge in [0.25, 0.3) is 0 Å². The Hall–Kier alpha value is -2.37. The lowest BCUT2D eigenvalue weighted by Crippen LogP contribution is -2.04. The summed E-state index contributed by atoms with van der Waals surface area (Å²) < 4.78 is 11.5. The fraction of sp³-hybridized carbons (Fsp3) is 0.250. The summed E-state index contributed by atoms with van der Waals surface area (Å²) in [4.78, 5) is 15.5. The first-order chi connectivity index (χ1) is 8.74. The predicted molar refractivity (Wildman–Crippen MR) is 63.9 cm³/mol. The van der Waals surface area contributed by atoms with E-state index in [1.165, 1.54) is 18.0 Å². The minimum Gasteiger partial charge on any atom is -0.491 e. The molecule has 0 saturated heterocycles. The zero-order chi connectivity index (χ0) is 13.0. The molecule has 0 aliphatic heterocycles. The third kappa shape index (κ3) is 2.48. The standard InChI is InChI=1S/C12H13N3O3/c1-3-18-10-7-14-15(8-10)11-6-9(4-5-13-11)12(16)17-2/h4-8H,3H2,1-2H3. The number of ether oxygens (including phenoxy) is 2. The molecule has 6 heteroatoms. The monoisotopic (exact) mass is 247 g/mol. The fourth-order valence-corrected chi connectivity index (χ4v) is 1.46. The molecular weight excluding hydrogens is 234 g/mol. The summed E-state index contributed by atoms with van der Waals surface area (Å²) in [6.45, 7) is 2.47. The summed E-state index contributed by atoms with van der Waals surface area (Å²) in [5.74, 6) is 0.780. The van der Waals surface area contributed by atoms with E-state index in [0.717, 1.165) is 0 Å². The SMILES string of the molecule is CCOc1cnn(-c2cc(C(=O)OC)ccn2)c1. The zero-order valence-electron chi connectivity index (χ0n) is 10.2. The highest BCUT2D eigenvalue weighted by atomic mass is 16.5. The van der Waals surface area contributed by atoms with Crippen LogP contribution in [0, 0.1) is 0 Å². The number of carbonyl (C=O) groups is 1. The molecule has 2 rings (SSSR count). The number of rotatable bonds is 4. The normalized spacial score (nSPS) is 10.1. The van der Waals surface area contributed by atoms with Gasteiger partial charge in [0.15, 0.2) is 11.6 Å². The largest absolute Gasteiger partial charge is 0.491 e. The maximum atomic E-state index is 11.4. The molecule has 0 amide bonds. The molecule has 0 aliphatic rings. The van der Waals surface area contributed by atoms with Crippen LogP contribution in [-0.2, 0) is 4.74 Å². The van der Waals surface area contributed by atoms with Crippen molar-refractivity contribution in [1.29, 1.82) is 0 Å². The number of carbonyl (C=O) groups excluding carboxylic acids is 1. The third-order valence-electron chi connectivity index (χ3n) is 2.27. The van der Waals surface area contributed by atoms with E-state index in [-0.39, 0.29) is 0 Å². The molecule has 2 aromatic heterocycles. The van der Waals surface area contributed by atoms with Crippen LogP contribution in [0.2, 0.25) is 0 Å². The van der Waals surface area contributed by atoms with E-state index in [0.29, 0.717) is 23.7 Å². The van der Waals surface area contributed by atoms with Crippen LogP contribution < -0.4 is 4.74 Å². The van der Waals surface area contributed by atoms with Crippen LogP contribution in [0.15, 0.2) is 30.7 Å². The van der Waals surface area contributed by atoms with E-state index in [2.05, 4.69) is 14.8 Å². The van der Waals surface area contributed by atoms with Crippen LogP contribution >= 0.6 is 0 Å². The number of pyridine rings is 1. The van der Waals surface area contributed by atoms with Crippen molar-refractivity contribution in [2.24, 2.45) is 0 Å². The van der Waals surface area contributed by atoms with Crippen LogP contribution in [0.1, 0.15) is 17.3 Å². The summed E-state index contributed by atoms with van der Waals surface area (Å²) in [5, 5.41) is 4.11. The number of esters is 1. The van der Waals surface area contributed by atoms with Crippen molar-refractivity contribution in [3.63, 3.8) is 0 Å². The molecule has 0 fully saturated rings. The van der Waals surface area contributed by atoms with Gasteiger partial charge in [0.05, 0.1) is 31.7 Å². The molecule has 0 N–H and O–H groups in total. The summed E-state index contributed by atoms with van der Waals surface area (Å²) >= 11 is 0. The van der Waals surface area contributed by atoms with Gasteiger partial charge < -0.3 is 9.47 Å². The van der Waals surface area contributed by atoms with Crippen LogP contribution in [0.4, 0.5) is 0 Å².